The minimum atomic E-state index is -1.15. The number of unbranched alkanes of at least 4 members (excludes halogenated alkanes) is 2. The highest BCUT2D eigenvalue weighted by atomic mass is 32.2. The largest absolute Gasteiger partial charge is 0.480 e. The maximum atomic E-state index is 12.1. The number of ketones is 1. The number of amides is 3. The van der Waals surface area contributed by atoms with E-state index in [-0.39, 0.29) is 36.5 Å². The number of thioether (sulfide) groups is 1. The fraction of sp³-hybridized carbons (Fsp3) is 0.783. The Hall–Kier alpha value is -2.14. The van der Waals surface area contributed by atoms with E-state index in [9.17, 15) is 29.1 Å². The molecular formula is C23H42N4O6S. The van der Waals surface area contributed by atoms with E-state index in [4.69, 9.17) is 0 Å². The quantitative estimate of drug-likeness (QED) is 0.155. The molecule has 0 spiro atoms. The molecule has 11 heteroatoms. The van der Waals surface area contributed by atoms with Crippen LogP contribution in [0.25, 0.3) is 0 Å². The predicted molar refractivity (Wildman–Crippen MR) is 134 cm³/mol. The van der Waals surface area contributed by atoms with Crippen molar-refractivity contribution in [1.29, 1.82) is 0 Å². The highest BCUT2D eigenvalue weighted by Crippen LogP contribution is 2.06. The van der Waals surface area contributed by atoms with Crippen molar-refractivity contribution in [2.75, 3.05) is 32.1 Å². The first kappa shape index (κ1) is 31.9. The molecule has 0 rings (SSSR count). The first-order valence-electron chi connectivity index (χ1n) is 11.9. The summed E-state index contributed by atoms with van der Waals surface area (Å²) in [6, 6.07) is -1.47. The zero-order valence-electron chi connectivity index (χ0n) is 20.9. The molecule has 0 aromatic rings. The van der Waals surface area contributed by atoms with Crippen molar-refractivity contribution in [2.45, 2.75) is 77.3 Å². The second-order valence-corrected chi connectivity index (χ2v) is 9.46. The van der Waals surface area contributed by atoms with Gasteiger partial charge in [-0.05, 0) is 57.6 Å². The van der Waals surface area contributed by atoms with Crippen LogP contribution in [0, 0.1) is 5.92 Å². The molecule has 196 valence electrons. The highest BCUT2D eigenvalue weighted by molar-refractivity contribution is 7.98. The average Bonchev–Trinajstić information content (AvgIpc) is 2.79. The lowest BCUT2D eigenvalue weighted by Gasteiger charge is -2.17. The van der Waals surface area contributed by atoms with Crippen LogP contribution >= 0.6 is 11.8 Å². The zero-order chi connectivity index (χ0) is 25.9. The van der Waals surface area contributed by atoms with Crippen LogP contribution < -0.4 is 21.3 Å². The Morgan fingerprint density at radius 3 is 2.12 bits per heavy atom. The predicted octanol–water partition coefficient (Wildman–Crippen LogP) is 1.09. The van der Waals surface area contributed by atoms with E-state index in [0.717, 1.165) is 5.75 Å². The number of carboxylic acids is 1. The number of carbonyl (C=O) groups is 5. The highest BCUT2D eigenvalue weighted by Gasteiger charge is 2.21. The van der Waals surface area contributed by atoms with Gasteiger partial charge >= 0.3 is 5.97 Å². The van der Waals surface area contributed by atoms with E-state index in [2.05, 4.69) is 21.3 Å². The molecule has 0 bridgehead atoms. The molecule has 0 aliphatic rings. The molecule has 0 aromatic heterocycles. The molecule has 10 nitrogen and oxygen atoms in total. The number of hydrogen-bond acceptors (Lipinski definition) is 7. The lowest BCUT2D eigenvalue weighted by atomic mass is 10.0. The molecule has 34 heavy (non-hydrogen) atoms. The number of rotatable bonds is 20. The number of carbonyl (C=O) groups excluding carboxylic acids is 4. The van der Waals surface area contributed by atoms with Gasteiger partial charge in [0.25, 0.3) is 0 Å². The number of aliphatic carboxylic acids is 1. The Morgan fingerprint density at radius 2 is 1.53 bits per heavy atom. The SMILES string of the molecule is CNC(CCSC)C(=O)NCC(=O)NC(CCCCNC(=O)CCCCC(=O)C(C)C)C(=O)O. The minimum Gasteiger partial charge on any atom is -0.480 e. The van der Waals surface area contributed by atoms with Gasteiger partial charge in [0.2, 0.25) is 17.7 Å². The van der Waals surface area contributed by atoms with Crippen LogP contribution in [0.1, 0.15) is 65.2 Å². The fourth-order valence-corrected chi connectivity index (χ4v) is 3.57. The van der Waals surface area contributed by atoms with E-state index in [1.165, 1.54) is 0 Å². The van der Waals surface area contributed by atoms with Gasteiger partial charge < -0.3 is 26.4 Å². The summed E-state index contributed by atoms with van der Waals surface area (Å²) < 4.78 is 0. The smallest absolute Gasteiger partial charge is 0.326 e. The minimum absolute atomic E-state index is 0.0208. The Bertz CT molecular complexity index is 659. The van der Waals surface area contributed by atoms with Gasteiger partial charge in [-0.2, -0.15) is 11.8 Å². The molecule has 0 aliphatic carbocycles. The van der Waals surface area contributed by atoms with Gasteiger partial charge in [0, 0.05) is 25.3 Å². The van der Waals surface area contributed by atoms with Crippen molar-refractivity contribution in [3.8, 4) is 0 Å². The van der Waals surface area contributed by atoms with Gasteiger partial charge in [-0.3, -0.25) is 19.2 Å². The molecule has 0 aromatic carbocycles. The fourth-order valence-electron chi connectivity index (χ4n) is 3.10. The normalized spacial score (nSPS) is 12.6. The van der Waals surface area contributed by atoms with Crippen molar-refractivity contribution in [1.82, 2.24) is 21.3 Å². The van der Waals surface area contributed by atoms with Crippen molar-refractivity contribution >= 4 is 41.2 Å². The third kappa shape index (κ3) is 15.7. The van der Waals surface area contributed by atoms with Crippen molar-refractivity contribution in [3.05, 3.63) is 0 Å². The lowest BCUT2D eigenvalue weighted by molar-refractivity contribution is -0.142. The summed E-state index contributed by atoms with van der Waals surface area (Å²) in [5, 5.41) is 20.0. The van der Waals surface area contributed by atoms with Crippen LogP contribution in [0.4, 0.5) is 0 Å². The number of hydrogen-bond donors (Lipinski definition) is 5. The first-order valence-corrected chi connectivity index (χ1v) is 13.3. The Morgan fingerprint density at radius 1 is 0.853 bits per heavy atom. The van der Waals surface area contributed by atoms with Crippen molar-refractivity contribution in [3.63, 3.8) is 0 Å². The molecule has 0 saturated heterocycles. The van der Waals surface area contributed by atoms with Gasteiger partial charge in [-0.15, -0.1) is 0 Å². The number of carboxylic acid groups (broad SMARTS) is 1. The average molecular weight is 503 g/mol. The summed E-state index contributed by atoms with van der Waals surface area (Å²) in [5.41, 5.74) is 0. The molecule has 0 heterocycles. The Balaban J connectivity index is 4.11. The lowest BCUT2D eigenvalue weighted by Crippen LogP contribution is -2.49. The molecule has 0 fully saturated rings. The van der Waals surface area contributed by atoms with Crippen LogP contribution in [0.2, 0.25) is 0 Å². The van der Waals surface area contributed by atoms with Gasteiger partial charge in [-0.1, -0.05) is 13.8 Å². The van der Waals surface area contributed by atoms with Crippen LogP contribution in [0.5, 0.6) is 0 Å². The third-order valence-corrected chi connectivity index (χ3v) is 5.94. The second-order valence-electron chi connectivity index (χ2n) is 8.47. The summed E-state index contributed by atoms with van der Waals surface area (Å²) in [5.74, 6) is -1.08. The Kier molecular flexibility index (Phi) is 18.0. The molecule has 0 radical (unpaired) electrons. The molecule has 0 saturated carbocycles. The molecule has 0 aliphatic heterocycles. The second kappa shape index (κ2) is 19.2. The molecule has 2 atom stereocenters. The van der Waals surface area contributed by atoms with E-state index >= 15 is 0 Å². The zero-order valence-corrected chi connectivity index (χ0v) is 21.7. The van der Waals surface area contributed by atoms with E-state index in [1.807, 2.05) is 20.1 Å². The third-order valence-electron chi connectivity index (χ3n) is 5.29. The maximum absolute atomic E-state index is 12.1. The molecular weight excluding hydrogens is 460 g/mol. The first-order chi connectivity index (χ1) is 16.1. The van der Waals surface area contributed by atoms with E-state index in [1.54, 1.807) is 18.8 Å². The molecule has 5 N–H and O–H groups in total. The number of Topliss-reactive ketones (excluding diaryl/α,β-unsaturated/α-hetero) is 1. The monoisotopic (exact) mass is 502 g/mol. The summed E-state index contributed by atoms with van der Waals surface area (Å²) in [6.45, 7) is 3.85. The summed E-state index contributed by atoms with van der Waals surface area (Å²) in [7, 11) is 1.67. The van der Waals surface area contributed by atoms with Gasteiger partial charge in [0.05, 0.1) is 12.6 Å². The topological polar surface area (TPSA) is 154 Å². The summed E-state index contributed by atoms with van der Waals surface area (Å²) >= 11 is 1.62. The number of likely N-dealkylation sites (N-methyl/N-ethyl adjacent to an activating group) is 1. The standard InChI is InChI=1S/C23H42N4O6S/c1-16(2)19(28)10-5-6-11-20(29)25-13-8-7-9-18(23(32)33)27-21(30)15-26-22(31)17(24-3)12-14-34-4/h16-18,24H,5-15H2,1-4H3,(H,25,29)(H,26,31)(H,27,30)(H,32,33). The summed E-state index contributed by atoms with van der Waals surface area (Å²) in [4.78, 5) is 59.0. The number of nitrogens with one attached hydrogen (secondary N) is 4. The van der Waals surface area contributed by atoms with Crippen LogP contribution in [0.15, 0.2) is 0 Å². The van der Waals surface area contributed by atoms with Gasteiger partial charge in [0.15, 0.2) is 0 Å². The van der Waals surface area contributed by atoms with Crippen LogP contribution in [-0.2, 0) is 24.0 Å². The van der Waals surface area contributed by atoms with Crippen LogP contribution in [-0.4, -0.2) is 78.8 Å². The molecule has 2 unspecified atom stereocenters. The van der Waals surface area contributed by atoms with Gasteiger partial charge in [0.1, 0.15) is 11.8 Å². The molecule has 3 amide bonds. The van der Waals surface area contributed by atoms with Gasteiger partial charge in [-0.25, -0.2) is 4.79 Å². The van der Waals surface area contributed by atoms with Crippen LogP contribution in [0.3, 0.4) is 0 Å². The van der Waals surface area contributed by atoms with Crippen molar-refractivity contribution < 1.29 is 29.1 Å². The van der Waals surface area contributed by atoms with E-state index in [0.29, 0.717) is 51.5 Å². The van der Waals surface area contributed by atoms with E-state index < -0.39 is 24.0 Å². The van der Waals surface area contributed by atoms with Crippen molar-refractivity contribution in [2.24, 2.45) is 5.92 Å². The Labute approximate surface area is 207 Å². The maximum Gasteiger partial charge on any atom is 0.326 e. The summed E-state index contributed by atoms with van der Waals surface area (Å²) in [6.07, 6.45) is 6.06.